The molecule has 3 aromatic carbocycles. The number of carbonyl (C=O) groups excluding carboxylic acids is 2. The highest BCUT2D eigenvalue weighted by atomic mass is 16.5. The highest BCUT2D eigenvalue weighted by Gasteiger charge is 2.06. The fraction of sp³-hybridized carbons (Fsp3) is 0.0833. The normalized spacial score (nSPS) is 10.3. The van der Waals surface area contributed by atoms with E-state index in [0.717, 1.165) is 5.56 Å². The minimum Gasteiger partial charge on any atom is -0.488 e. The van der Waals surface area contributed by atoms with Crippen molar-refractivity contribution >= 4 is 23.7 Å². The van der Waals surface area contributed by atoms with Crippen LogP contribution >= 0.6 is 0 Å². The lowest BCUT2D eigenvalue weighted by molar-refractivity contribution is -0.114. The third-order valence-corrected chi connectivity index (χ3v) is 4.23. The van der Waals surface area contributed by atoms with Crippen molar-refractivity contribution < 1.29 is 14.3 Å². The zero-order chi connectivity index (χ0) is 22.1. The zero-order valence-electron chi connectivity index (χ0n) is 16.8. The summed E-state index contributed by atoms with van der Waals surface area (Å²) in [5, 5.41) is 15.5. The number of nitrogens with one attached hydrogen (secondary N) is 2. The lowest BCUT2D eigenvalue weighted by Gasteiger charge is -2.09. The van der Waals surface area contributed by atoms with Crippen molar-refractivity contribution in [1.82, 2.24) is 5.43 Å². The molecule has 0 aromatic heterocycles. The Kier molecular flexibility index (Phi) is 7.12. The number of nitrogens with zero attached hydrogens (tertiary/aromatic N) is 2. The molecule has 154 valence electrons. The van der Waals surface area contributed by atoms with Crippen LogP contribution in [0, 0.1) is 11.3 Å². The molecule has 0 aliphatic heterocycles. The van der Waals surface area contributed by atoms with Crippen LogP contribution in [-0.4, -0.2) is 18.0 Å². The van der Waals surface area contributed by atoms with E-state index in [4.69, 9.17) is 10.00 Å². The number of benzene rings is 3. The fourth-order valence-corrected chi connectivity index (χ4v) is 2.69. The predicted octanol–water partition coefficient (Wildman–Crippen LogP) is 3.86. The molecule has 3 rings (SSSR count). The van der Waals surface area contributed by atoms with Gasteiger partial charge in [0, 0.05) is 23.7 Å². The Morgan fingerprint density at radius 3 is 2.42 bits per heavy atom. The van der Waals surface area contributed by atoms with E-state index < -0.39 is 0 Å². The van der Waals surface area contributed by atoms with Gasteiger partial charge in [-0.25, -0.2) is 5.43 Å². The summed E-state index contributed by atoms with van der Waals surface area (Å²) < 4.78 is 5.86. The number of carbonyl (C=O) groups is 2. The maximum absolute atomic E-state index is 12.2. The van der Waals surface area contributed by atoms with Gasteiger partial charge in [0.05, 0.1) is 17.8 Å². The van der Waals surface area contributed by atoms with E-state index in [0.29, 0.717) is 34.7 Å². The Hall–Kier alpha value is -4.44. The highest BCUT2D eigenvalue weighted by molar-refractivity contribution is 5.96. The molecule has 0 atom stereocenters. The first-order valence-corrected chi connectivity index (χ1v) is 9.47. The van der Waals surface area contributed by atoms with Crippen molar-refractivity contribution in [2.45, 2.75) is 13.5 Å². The Morgan fingerprint density at radius 2 is 1.74 bits per heavy atom. The number of rotatable bonds is 7. The summed E-state index contributed by atoms with van der Waals surface area (Å²) in [7, 11) is 0. The van der Waals surface area contributed by atoms with Gasteiger partial charge in [-0.05, 0) is 54.1 Å². The average molecular weight is 412 g/mol. The van der Waals surface area contributed by atoms with E-state index in [1.54, 1.807) is 36.4 Å². The number of anilines is 1. The third kappa shape index (κ3) is 6.27. The maximum atomic E-state index is 12.2. The van der Waals surface area contributed by atoms with Crippen molar-refractivity contribution in [2.75, 3.05) is 5.32 Å². The molecule has 0 spiro atoms. The lowest BCUT2D eigenvalue weighted by Crippen LogP contribution is -2.17. The molecule has 0 fully saturated rings. The van der Waals surface area contributed by atoms with Crippen LogP contribution in [0.25, 0.3) is 0 Å². The van der Waals surface area contributed by atoms with E-state index in [2.05, 4.69) is 21.9 Å². The Bertz CT molecular complexity index is 1130. The van der Waals surface area contributed by atoms with Gasteiger partial charge in [0.2, 0.25) is 5.91 Å². The topological polar surface area (TPSA) is 104 Å². The van der Waals surface area contributed by atoms with Crippen molar-refractivity contribution in [1.29, 1.82) is 5.26 Å². The zero-order valence-corrected chi connectivity index (χ0v) is 16.8. The molecule has 0 bridgehead atoms. The standard InChI is InChI=1S/C24H20N4O3/c1-17(29)27-22-12-10-20(11-13-22)24(30)28-26-15-21-4-2-3-5-23(21)31-16-19-8-6-18(14-25)7-9-19/h2-13,15H,16H2,1H3,(H,27,29)(H,28,30). The first-order chi connectivity index (χ1) is 15.0. The summed E-state index contributed by atoms with van der Waals surface area (Å²) in [6.07, 6.45) is 1.51. The molecule has 31 heavy (non-hydrogen) atoms. The minimum atomic E-state index is -0.374. The third-order valence-electron chi connectivity index (χ3n) is 4.23. The van der Waals surface area contributed by atoms with Gasteiger partial charge in [-0.3, -0.25) is 9.59 Å². The molecule has 7 heteroatoms. The van der Waals surface area contributed by atoms with Gasteiger partial charge in [0.1, 0.15) is 12.4 Å². The maximum Gasteiger partial charge on any atom is 0.271 e. The van der Waals surface area contributed by atoms with Gasteiger partial charge in [-0.1, -0.05) is 24.3 Å². The number of hydrogen-bond acceptors (Lipinski definition) is 5. The van der Waals surface area contributed by atoms with Crippen LogP contribution in [-0.2, 0) is 11.4 Å². The molecule has 0 radical (unpaired) electrons. The van der Waals surface area contributed by atoms with Crippen LogP contribution in [0.4, 0.5) is 5.69 Å². The van der Waals surface area contributed by atoms with Crippen LogP contribution in [0.2, 0.25) is 0 Å². The number of nitriles is 1. The predicted molar refractivity (Wildman–Crippen MR) is 118 cm³/mol. The van der Waals surface area contributed by atoms with Crippen LogP contribution in [0.5, 0.6) is 5.75 Å². The average Bonchev–Trinajstić information content (AvgIpc) is 2.79. The number of para-hydroxylation sites is 1. The van der Waals surface area contributed by atoms with Gasteiger partial charge in [0.15, 0.2) is 0 Å². The minimum absolute atomic E-state index is 0.179. The summed E-state index contributed by atoms with van der Waals surface area (Å²) in [4.78, 5) is 23.3. The Balaban J connectivity index is 1.60. The van der Waals surface area contributed by atoms with Crippen molar-refractivity contribution in [3.8, 4) is 11.8 Å². The summed E-state index contributed by atoms with van der Waals surface area (Å²) >= 11 is 0. The van der Waals surface area contributed by atoms with E-state index in [1.807, 2.05) is 36.4 Å². The molecule has 0 saturated heterocycles. The monoisotopic (exact) mass is 412 g/mol. The summed E-state index contributed by atoms with van der Waals surface area (Å²) in [5.41, 5.74) is 5.74. The molecular weight excluding hydrogens is 392 g/mol. The molecule has 0 unspecified atom stereocenters. The van der Waals surface area contributed by atoms with E-state index >= 15 is 0 Å². The molecule has 3 aromatic rings. The van der Waals surface area contributed by atoms with Crippen LogP contribution in [0.15, 0.2) is 77.9 Å². The molecular formula is C24H20N4O3. The summed E-state index contributed by atoms with van der Waals surface area (Å²) in [6, 6.07) is 23.1. The van der Waals surface area contributed by atoms with Crippen molar-refractivity contribution in [3.05, 3.63) is 95.1 Å². The number of hydrogen-bond donors (Lipinski definition) is 2. The van der Waals surface area contributed by atoms with Crippen molar-refractivity contribution in [2.24, 2.45) is 5.10 Å². The second-order valence-electron chi connectivity index (χ2n) is 6.59. The second-order valence-corrected chi connectivity index (χ2v) is 6.59. The second kappa shape index (κ2) is 10.4. The van der Waals surface area contributed by atoms with Gasteiger partial charge < -0.3 is 10.1 Å². The number of ether oxygens (including phenoxy) is 1. The molecule has 2 amide bonds. The van der Waals surface area contributed by atoms with E-state index in [9.17, 15) is 9.59 Å². The molecule has 0 saturated carbocycles. The van der Waals surface area contributed by atoms with Gasteiger partial charge in [0.25, 0.3) is 5.91 Å². The number of amides is 2. The first-order valence-electron chi connectivity index (χ1n) is 9.47. The van der Waals surface area contributed by atoms with Gasteiger partial charge >= 0.3 is 0 Å². The molecule has 0 aliphatic carbocycles. The van der Waals surface area contributed by atoms with Crippen molar-refractivity contribution in [3.63, 3.8) is 0 Å². The Morgan fingerprint density at radius 1 is 1.03 bits per heavy atom. The summed E-state index contributed by atoms with van der Waals surface area (Å²) in [6.45, 7) is 1.75. The fourth-order valence-electron chi connectivity index (χ4n) is 2.69. The van der Waals surface area contributed by atoms with Crippen LogP contribution < -0.4 is 15.5 Å². The summed E-state index contributed by atoms with van der Waals surface area (Å²) in [5.74, 6) is 0.0630. The SMILES string of the molecule is CC(=O)Nc1ccc(C(=O)NN=Cc2ccccc2OCc2ccc(C#N)cc2)cc1. The highest BCUT2D eigenvalue weighted by Crippen LogP contribution is 2.18. The largest absolute Gasteiger partial charge is 0.488 e. The van der Waals surface area contributed by atoms with Crippen LogP contribution in [0.3, 0.4) is 0 Å². The first kappa shape index (κ1) is 21.3. The Labute approximate surface area is 180 Å². The van der Waals surface area contributed by atoms with Crippen LogP contribution in [0.1, 0.15) is 34.0 Å². The smallest absolute Gasteiger partial charge is 0.271 e. The lowest BCUT2D eigenvalue weighted by atomic mass is 10.1. The molecule has 2 N–H and O–H groups in total. The number of hydrazone groups is 1. The quantitative estimate of drug-likeness (QED) is 0.454. The van der Waals surface area contributed by atoms with E-state index in [1.165, 1.54) is 13.1 Å². The molecule has 0 heterocycles. The van der Waals surface area contributed by atoms with Gasteiger partial charge in [-0.2, -0.15) is 10.4 Å². The molecule has 0 aliphatic rings. The van der Waals surface area contributed by atoms with E-state index in [-0.39, 0.29) is 11.8 Å². The van der Waals surface area contributed by atoms with Gasteiger partial charge in [-0.15, -0.1) is 0 Å². The molecule has 7 nitrogen and oxygen atoms in total.